The van der Waals surface area contributed by atoms with Gasteiger partial charge in [-0.3, -0.25) is 13.9 Å². The zero-order chi connectivity index (χ0) is 19.1. The smallest absolute Gasteiger partial charge is 0.332 e. The highest BCUT2D eigenvalue weighted by Crippen LogP contribution is 2.24. The molecule has 9 nitrogen and oxygen atoms in total. The Morgan fingerprint density at radius 2 is 2.04 bits per heavy atom. The van der Waals surface area contributed by atoms with Crippen LogP contribution in [0.5, 0.6) is 0 Å². The largest absolute Gasteiger partial charge is 0.353 e. The third kappa shape index (κ3) is 2.87. The molecular formula is C18H23N5O4. The lowest BCUT2D eigenvalue weighted by molar-refractivity contribution is -0.169. The second kappa shape index (κ2) is 6.90. The van der Waals surface area contributed by atoms with Crippen LogP contribution >= 0.6 is 0 Å². The molecule has 27 heavy (non-hydrogen) atoms. The van der Waals surface area contributed by atoms with Crippen LogP contribution in [0.3, 0.4) is 0 Å². The molecule has 4 heterocycles. The van der Waals surface area contributed by atoms with E-state index >= 15 is 0 Å². The summed E-state index contributed by atoms with van der Waals surface area (Å²) in [7, 11) is 3.06. The van der Waals surface area contributed by atoms with Crippen LogP contribution in [0, 0.1) is 0 Å². The van der Waals surface area contributed by atoms with Crippen molar-refractivity contribution in [3.05, 3.63) is 32.6 Å². The van der Waals surface area contributed by atoms with Gasteiger partial charge in [0.1, 0.15) is 10.9 Å². The van der Waals surface area contributed by atoms with Gasteiger partial charge in [0.2, 0.25) is 0 Å². The molecule has 9 heteroatoms. The van der Waals surface area contributed by atoms with E-state index in [9.17, 15) is 9.59 Å². The SMILES string of the molecule is CCn1c(COC2CCCCO2)cc2nnc3c(c(=O)n(C)c(=O)n3C)c21. The van der Waals surface area contributed by atoms with Crippen LogP contribution in [-0.4, -0.2) is 36.8 Å². The van der Waals surface area contributed by atoms with Crippen molar-refractivity contribution < 1.29 is 9.47 Å². The first kappa shape index (κ1) is 17.9. The highest BCUT2D eigenvalue weighted by molar-refractivity contribution is 6.00. The average molecular weight is 373 g/mol. The van der Waals surface area contributed by atoms with E-state index in [4.69, 9.17) is 9.47 Å². The molecule has 1 aliphatic rings. The molecule has 1 aliphatic heterocycles. The molecule has 1 fully saturated rings. The van der Waals surface area contributed by atoms with Gasteiger partial charge < -0.3 is 14.0 Å². The van der Waals surface area contributed by atoms with E-state index in [1.165, 1.54) is 11.6 Å². The number of nitrogens with zero attached hydrogens (tertiary/aromatic N) is 5. The van der Waals surface area contributed by atoms with Crippen LogP contribution in [0.4, 0.5) is 0 Å². The van der Waals surface area contributed by atoms with Crippen LogP contribution in [0.25, 0.3) is 22.1 Å². The Balaban J connectivity index is 1.87. The molecule has 0 radical (unpaired) electrons. The summed E-state index contributed by atoms with van der Waals surface area (Å²) < 4.78 is 16.0. The molecule has 4 rings (SSSR count). The summed E-state index contributed by atoms with van der Waals surface area (Å²) in [6.45, 7) is 3.73. The van der Waals surface area contributed by atoms with Gasteiger partial charge in [0.25, 0.3) is 5.56 Å². The number of aryl methyl sites for hydroxylation is 2. The van der Waals surface area contributed by atoms with Crippen LogP contribution < -0.4 is 11.2 Å². The second-order valence-corrected chi connectivity index (χ2v) is 6.83. The average Bonchev–Trinajstić information content (AvgIpc) is 3.06. The zero-order valence-corrected chi connectivity index (χ0v) is 15.8. The third-order valence-corrected chi connectivity index (χ3v) is 5.16. The van der Waals surface area contributed by atoms with E-state index in [-0.39, 0.29) is 17.5 Å². The Labute approximate surface area is 155 Å². The maximum absolute atomic E-state index is 12.8. The molecule has 1 saturated heterocycles. The number of hydrogen-bond acceptors (Lipinski definition) is 6. The van der Waals surface area contributed by atoms with Gasteiger partial charge >= 0.3 is 5.69 Å². The van der Waals surface area contributed by atoms with Crippen molar-refractivity contribution in [3.8, 4) is 0 Å². The van der Waals surface area contributed by atoms with Crippen LogP contribution in [-0.2, 0) is 36.7 Å². The number of aromatic nitrogens is 5. The molecule has 0 bridgehead atoms. The fourth-order valence-corrected chi connectivity index (χ4v) is 3.69. The van der Waals surface area contributed by atoms with E-state index in [2.05, 4.69) is 10.2 Å². The molecular weight excluding hydrogens is 350 g/mol. The van der Waals surface area contributed by atoms with Crippen LogP contribution in [0.1, 0.15) is 31.9 Å². The maximum atomic E-state index is 12.8. The minimum Gasteiger partial charge on any atom is -0.353 e. The summed E-state index contributed by atoms with van der Waals surface area (Å²) in [5, 5.41) is 8.77. The zero-order valence-electron chi connectivity index (χ0n) is 15.8. The van der Waals surface area contributed by atoms with Crippen LogP contribution in [0.15, 0.2) is 15.7 Å². The molecule has 3 aromatic heterocycles. The highest BCUT2D eigenvalue weighted by Gasteiger charge is 2.20. The highest BCUT2D eigenvalue weighted by atomic mass is 16.7. The van der Waals surface area contributed by atoms with Crippen molar-refractivity contribution >= 4 is 22.1 Å². The van der Waals surface area contributed by atoms with E-state index in [1.54, 1.807) is 7.05 Å². The van der Waals surface area contributed by atoms with Gasteiger partial charge in [-0.2, -0.15) is 0 Å². The molecule has 0 spiro atoms. The van der Waals surface area contributed by atoms with Gasteiger partial charge in [-0.05, 0) is 32.3 Å². The molecule has 0 aromatic carbocycles. The van der Waals surface area contributed by atoms with E-state index in [0.717, 1.165) is 36.1 Å². The van der Waals surface area contributed by atoms with Gasteiger partial charge in [0, 0.05) is 32.9 Å². The van der Waals surface area contributed by atoms with Gasteiger partial charge in [-0.25, -0.2) is 4.79 Å². The molecule has 144 valence electrons. The minimum atomic E-state index is -0.422. The van der Waals surface area contributed by atoms with Gasteiger partial charge in [0.05, 0.1) is 12.1 Å². The van der Waals surface area contributed by atoms with Gasteiger partial charge in [-0.15, -0.1) is 10.2 Å². The standard InChI is InChI=1S/C18H23N5O4/c1-4-23-11(10-27-13-7-5-6-8-26-13)9-12-15(23)14-16(20-19-12)21(2)18(25)22(3)17(14)24/h9,13H,4-8,10H2,1-3H3. The molecule has 0 N–H and O–H groups in total. The monoisotopic (exact) mass is 373 g/mol. The number of ether oxygens (including phenoxy) is 2. The lowest BCUT2D eigenvalue weighted by Gasteiger charge is -2.23. The maximum Gasteiger partial charge on any atom is 0.332 e. The van der Waals surface area contributed by atoms with E-state index in [0.29, 0.717) is 29.6 Å². The van der Waals surface area contributed by atoms with Crippen molar-refractivity contribution in [2.75, 3.05) is 6.61 Å². The lowest BCUT2D eigenvalue weighted by Crippen LogP contribution is -2.37. The molecule has 1 atom stereocenters. The minimum absolute atomic E-state index is 0.196. The van der Waals surface area contributed by atoms with Crippen molar-refractivity contribution in [1.29, 1.82) is 0 Å². The summed E-state index contributed by atoms with van der Waals surface area (Å²) in [6, 6.07) is 1.89. The van der Waals surface area contributed by atoms with Crippen molar-refractivity contribution in [2.24, 2.45) is 14.1 Å². The first-order chi connectivity index (χ1) is 13.0. The number of hydrogen-bond donors (Lipinski definition) is 0. The predicted molar refractivity (Wildman–Crippen MR) is 99.6 cm³/mol. The molecule has 0 saturated carbocycles. The molecule has 3 aromatic rings. The molecule has 0 aliphatic carbocycles. The van der Waals surface area contributed by atoms with Crippen molar-refractivity contribution in [2.45, 2.75) is 45.6 Å². The van der Waals surface area contributed by atoms with Crippen molar-refractivity contribution in [3.63, 3.8) is 0 Å². The Hall–Kier alpha value is -2.52. The topological polar surface area (TPSA) is 93.2 Å². The fourth-order valence-electron chi connectivity index (χ4n) is 3.69. The summed E-state index contributed by atoms with van der Waals surface area (Å²) in [6.07, 6.45) is 2.86. The summed E-state index contributed by atoms with van der Waals surface area (Å²) in [5.41, 5.74) is 1.69. The molecule has 1 unspecified atom stereocenters. The Morgan fingerprint density at radius 3 is 2.74 bits per heavy atom. The Morgan fingerprint density at radius 1 is 1.22 bits per heavy atom. The van der Waals surface area contributed by atoms with Gasteiger partial charge in [0.15, 0.2) is 11.9 Å². The quantitative estimate of drug-likeness (QED) is 0.679. The second-order valence-electron chi connectivity index (χ2n) is 6.83. The first-order valence-corrected chi connectivity index (χ1v) is 9.20. The van der Waals surface area contributed by atoms with Crippen molar-refractivity contribution in [1.82, 2.24) is 23.9 Å². The van der Waals surface area contributed by atoms with E-state index in [1.807, 2.05) is 17.6 Å². The van der Waals surface area contributed by atoms with Crippen LogP contribution in [0.2, 0.25) is 0 Å². The first-order valence-electron chi connectivity index (χ1n) is 9.20. The third-order valence-electron chi connectivity index (χ3n) is 5.16. The fraction of sp³-hybridized carbons (Fsp3) is 0.556. The molecule has 0 amide bonds. The Bertz CT molecular complexity index is 1120. The number of rotatable bonds is 4. The summed E-state index contributed by atoms with van der Waals surface area (Å²) in [4.78, 5) is 25.0. The summed E-state index contributed by atoms with van der Waals surface area (Å²) in [5.74, 6) is 0. The number of fused-ring (bicyclic) bond motifs is 3. The normalized spacial score (nSPS) is 17.8. The lowest BCUT2D eigenvalue weighted by atomic mass is 10.2. The summed E-state index contributed by atoms with van der Waals surface area (Å²) >= 11 is 0. The predicted octanol–water partition coefficient (Wildman–Crippen LogP) is 1.05. The van der Waals surface area contributed by atoms with Gasteiger partial charge in [-0.1, -0.05) is 0 Å². The Kier molecular flexibility index (Phi) is 4.56. The van der Waals surface area contributed by atoms with E-state index < -0.39 is 5.69 Å².